The SMILES string of the molecule is CCON(CC1CCCCC1)C(=O)CC1COC(=O)C1. The largest absolute Gasteiger partial charge is 0.465 e. The number of ether oxygens (including phenoxy) is 1. The summed E-state index contributed by atoms with van der Waals surface area (Å²) < 4.78 is 4.91. The van der Waals surface area contributed by atoms with Crippen molar-refractivity contribution in [3.63, 3.8) is 0 Å². The average Bonchev–Trinajstić information content (AvgIpc) is 2.85. The molecule has 1 saturated heterocycles. The standard InChI is InChI=1S/C15H25NO4/c1-2-20-16(10-12-6-4-3-5-7-12)14(17)8-13-9-15(18)19-11-13/h12-13H,2-11H2,1H3. The molecule has 1 saturated carbocycles. The van der Waals surface area contributed by atoms with Crippen molar-refractivity contribution in [1.82, 2.24) is 5.06 Å². The van der Waals surface area contributed by atoms with E-state index in [1.807, 2.05) is 6.92 Å². The van der Waals surface area contributed by atoms with Gasteiger partial charge in [0.05, 0.1) is 26.2 Å². The van der Waals surface area contributed by atoms with Crippen LogP contribution in [0.25, 0.3) is 0 Å². The lowest BCUT2D eigenvalue weighted by Crippen LogP contribution is -2.37. The second-order valence-electron chi connectivity index (χ2n) is 5.83. The van der Waals surface area contributed by atoms with Crippen molar-refractivity contribution < 1.29 is 19.2 Å². The molecule has 1 heterocycles. The molecule has 0 aromatic carbocycles. The monoisotopic (exact) mass is 283 g/mol. The molecule has 5 heteroatoms. The molecule has 1 aliphatic heterocycles. The van der Waals surface area contributed by atoms with Crippen molar-refractivity contribution in [2.45, 2.75) is 51.9 Å². The van der Waals surface area contributed by atoms with E-state index < -0.39 is 0 Å². The Morgan fingerprint density at radius 1 is 1.30 bits per heavy atom. The number of rotatable bonds is 6. The Balaban J connectivity index is 1.82. The zero-order valence-corrected chi connectivity index (χ0v) is 12.3. The van der Waals surface area contributed by atoms with Gasteiger partial charge in [-0.3, -0.25) is 14.4 Å². The number of amides is 1. The first-order valence-electron chi connectivity index (χ1n) is 7.78. The minimum absolute atomic E-state index is 0.0132. The maximum Gasteiger partial charge on any atom is 0.306 e. The summed E-state index contributed by atoms with van der Waals surface area (Å²) in [5.41, 5.74) is 0. The van der Waals surface area contributed by atoms with E-state index in [1.165, 1.54) is 37.2 Å². The Morgan fingerprint density at radius 2 is 2.05 bits per heavy atom. The van der Waals surface area contributed by atoms with Gasteiger partial charge in [0, 0.05) is 12.3 Å². The molecule has 2 rings (SSSR count). The van der Waals surface area contributed by atoms with Crippen molar-refractivity contribution >= 4 is 11.9 Å². The number of cyclic esters (lactones) is 1. The van der Waals surface area contributed by atoms with Crippen molar-refractivity contribution in [1.29, 1.82) is 0 Å². The Hall–Kier alpha value is -1.10. The Morgan fingerprint density at radius 3 is 2.65 bits per heavy atom. The molecule has 1 amide bonds. The third-order valence-electron chi connectivity index (χ3n) is 4.11. The molecule has 0 N–H and O–H groups in total. The van der Waals surface area contributed by atoms with Crippen molar-refractivity contribution in [3.8, 4) is 0 Å². The molecule has 0 bridgehead atoms. The summed E-state index contributed by atoms with van der Waals surface area (Å²) in [5.74, 6) is 0.365. The molecule has 2 fully saturated rings. The number of hydrogen-bond acceptors (Lipinski definition) is 4. The summed E-state index contributed by atoms with van der Waals surface area (Å²) in [7, 11) is 0. The van der Waals surface area contributed by atoms with Crippen LogP contribution in [0.15, 0.2) is 0 Å². The topological polar surface area (TPSA) is 55.8 Å². The quantitative estimate of drug-likeness (QED) is 0.554. The minimum Gasteiger partial charge on any atom is -0.465 e. The third-order valence-corrected chi connectivity index (χ3v) is 4.11. The molecule has 114 valence electrons. The van der Waals surface area contributed by atoms with E-state index in [2.05, 4.69) is 0 Å². The maximum atomic E-state index is 12.3. The molecule has 2 aliphatic rings. The molecular weight excluding hydrogens is 258 g/mol. The lowest BCUT2D eigenvalue weighted by molar-refractivity contribution is -0.190. The smallest absolute Gasteiger partial charge is 0.306 e. The highest BCUT2D eigenvalue weighted by Crippen LogP contribution is 2.25. The molecule has 0 radical (unpaired) electrons. The molecule has 1 unspecified atom stereocenters. The zero-order valence-electron chi connectivity index (χ0n) is 12.3. The van der Waals surface area contributed by atoms with Crippen molar-refractivity contribution in [3.05, 3.63) is 0 Å². The third kappa shape index (κ3) is 4.47. The van der Waals surface area contributed by atoms with Crippen LogP contribution < -0.4 is 0 Å². The average molecular weight is 283 g/mol. The first kappa shape index (κ1) is 15.3. The van der Waals surface area contributed by atoms with Crippen LogP contribution in [0.4, 0.5) is 0 Å². The van der Waals surface area contributed by atoms with Gasteiger partial charge in [-0.15, -0.1) is 0 Å². The van der Waals surface area contributed by atoms with Crippen LogP contribution in [0.2, 0.25) is 0 Å². The lowest BCUT2D eigenvalue weighted by atomic mass is 9.89. The predicted molar refractivity (Wildman–Crippen MR) is 73.6 cm³/mol. The fraction of sp³-hybridized carbons (Fsp3) is 0.867. The zero-order chi connectivity index (χ0) is 14.4. The van der Waals surface area contributed by atoms with Crippen LogP contribution in [0.1, 0.15) is 51.9 Å². The van der Waals surface area contributed by atoms with E-state index in [-0.39, 0.29) is 17.8 Å². The van der Waals surface area contributed by atoms with E-state index in [4.69, 9.17) is 9.57 Å². The summed E-state index contributed by atoms with van der Waals surface area (Å²) in [4.78, 5) is 28.9. The number of carbonyl (C=O) groups is 2. The molecule has 0 aromatic rings. The van der Waals surface area contributed by atoms with Gasteiger partial charge in [0.1, 0.15) is 0 Å². The van der Waals surface area contributed by atoms with Gasteiger partial charge in [-0.25, -0.2) is 5.06 Å². The van der Waals surface area contributed by atoms with Crippen LogP contribution in [0, 0.1) is 11.8 Å². The minimum atomic E-state index is -0.196. The van der Waals surface area contributed by atoms with Crippen LogP contribution in [0.3, 0.4) is 0 Å². The molecule has 0 aromatic heterocycles. The summed E-state index contributed by atoms with van der Waals surface area (Å²) in [6.07, 6.45) is 6.88. The predicted octanol–water partition coefficient (Wildman–Crippen LogP) is 2.30. The molecule has 0 spiro atoms. The second kappa shape index (κ2) is 7.62. The van der Waals surface area contributed by atoms with Gasteiger partial charge < -0.3 is 4.74 Å². The highest BCUT2D eigenvalue weighted by Gasteiger charge is 2.29. The van der Waals surface area contributed by atoms with Gasteiger partial charge in [-0.2, -0.15) is 0 Å². The highest BCUT2D eigenvalue weighted by atomic mass is 16.7. The second-order valence-corrected chi connectivity index (χ2v) is 5.83. The van der Waals surface area contributed by atoms with E-state index in [0.29, 0.717) is 38.5 Å². The summed E-state index contributed by atoms with van der Waals surface area (Å²) in [6, 6.07) is 0. The summed E-state index contributed by atoms with van der Waals surface area (Å²) in [6.45, 7) is 3.45. The molecule has 20 heavy (non-hydrogen) atoms. The number of carbonyl (C=O) groups excluding carboxylic acids is 2. The Labute approximate surface area is 120 Å². The number of hydrogen-bond donors (Lipinski definition) is 0. The summed E-state index contributed by atoms with van der Waals surface area (Å²) >= 11 is 0. The first-order valence-corrected chi connectivity index (χ1v) is 7.78. The Bertz CT molecular complexity index is 339. The van der Waals surface area contributed by atoms with Gasteiger partial charge >= 0.3 is 5.97 Å². The lowest BCUT2D eigenvalue weighted by Gasteiger charge is -2.29. The number of esters is 1. The van der Waals surface area contributed by atoms with Gasteiger partial charge in [-0.1, -0.05) is 19.3 Å². The van der Waals surface area contributed by atoms with Crippen molar-refractivity contribution in [2.75, 3.05) is 19.8 Å². The molecule has 1 aliphatic carbocycles. The van der Waals surface area contributed by atoms with E-state index in [1.54, 1.807) is 0 Å². The fourth-order valence-corrected chi connectivity index (χ4v) is 3.03. The summed E-state index contributed by atoms with van der Waals surface area (Å²) in [5, 5.41) is 1.53. The molecular formula is C15H25NO4. The highest BCUT2D eigenvalue weighted by molar-refractivity contribution is 5.78. The van der Waals surface area contributed by atoms with E-state index in [9.17, 15) is 9.59 Å². The first-order chi connectivity index (χ1) is 9.69. The Kier molecular flexibility index (Phi) is 5.83. The maximum absolute atomic E-state index is 12.3. The molecule has 1 atom stereocenters. The van der Waals surface area contributed by atoms with Gasteiger partial charge in [0.2, 0.25) is 5.91 Å². The normalized spacial score (nSPS) is 23.6. The van der Waals surface area contributed by atoms with Crippen LogP contribution >= 0.6 is 0 Å². The molecule has 5 nitrogen and oxygen atoms in total. The van der Waals surface area contributed by atoms with E-state index in [0.717, 1.165) is 0 Å². The van der Waals surface area contributed by atoms with Gasteiger partial charge in [0.25, 0.3) is 0 Å². The fourth-order valence-electron chi connectivity index (χ4n) is 3.03. The van der Waals surface area contributed by atoms with Crippen LogP contribution in [-0.4, -0.2) is 36.7 Å². The van der Waals surface area contributed by atoms with Gasteiger partial charge in [-0.05, 0) is 25.7 Å². The number of nitrogens with zero attached hydrogens (tertiary/aromatic N) is 1. The van der Waals surface area contributed by atoms with Crippen LogP contribution in [0.5, 0.6) is 0 Å². The van der Waals surface area contributed by atoms with Gasteiger partial charge in [0.15, 0.2) is 0 Å². The van der Waals surface area contributed by atoms with Crippen LogP contribution in [-0.2, 0) is 19.2 Å². The number of hydroxylamine groups is 2. The van der Waals surface area contributed by atoms with Crippen molar-refractivity contribution in [2.24, 2.45) is 11.8 Å². The van der Waals surface area contributed by atoms with E-state index >= 15 is 0 Å².